The van der Waals surface area contributed by atoms with Crippen LogP contribution in [0.4, 0.5) is 0 Å². The Morgan fingerprint density at radius 2 is 1.78 bits per heavy atom. The molecule has 0 spiro atoms. The van der Waals surface area contributed by atoms with Crippen molar-refractivity contribution < 1.29 is 14.3 Å². The maximum absolute atomic E-state index is 12.1. The predicted octanol–water partition coefficient (Wildman–Crippen LogP) is 1.65. The Morgan fingerprint density at radius 1 is 1.09 bits per heavy atom. The standard InChI is InChI=1S/C17H17N3O3/c1-23-13-4-2-11(3-5-13)14-10-15(14)17(22)20-19-16(21)12-6-8-18-9-7-12/h2-9,14-15H,10H2,1H3,(H,19,21)(H,20,22). The summed E-state index contributed by atoms with van der Waals surface area (Å²) in [6, 6.07) is 10.9. The molecular formula is C17H17N3O3. The summed E-state index contributed by atoms with van der Waals surface area (Å²) in [5.74, 6) is 0.343. The molecule has 1 heterocycles. The fraction of sp³-hybridized carbons (Fsp3) is 0.235. The number of ether oxygens (including phenoxy) is 1. The molecule has 6 heteroatoms. The second kappa shape index (κ2) is 6.48. The third-order valence-corrected chi connectivity index (χ3v) is 3.91. The van der Waals surface area contributed by atoms with E-state index < -0.39 is 0 Å². The van der Waals surface area contributed by atoms with Crippen LogP contribution >= 0.6 is 0 Å². The summed E-state index contributed by atoms with van der Waals surface area (Å²) in [5, 5.41) is 0. The minimum absolute atomic E-state index is 0.110. The topological polar surface area (TPSA) is 80.3 Å². The zero-order chi connectivity index (χ0) is 16.2. The quantitative estimate of drug-likeness (QED) is 0.842. The van der Waals surface area contributed by atoms with Crippen molar-refractivity contribution >= 4 is 11.8 Å². The highest BCUT2D eigenvalue weighted by molar-refractivity contribution is 5.95. The van der Waals surface area contributed by atoms with Crippen molar-refractivity contribution in [2.24, 2.45) is 5.92 Å². The summed E-state index contributed by atoms with van der Waals surface area (Å²) in [6.07, 6.45) is 3.83. The van der Waals surface area contributed by atoms with Crippen molar-refractivity contribution in [1.29, 1.82) is 0 Å². The number of rotatable bonds is 4. The maximum atomic E-state index is 12.1. The lowest BCUT2D eigenvalue weighted by molar-refractivity contribution is -0.123. The highest BCUT2D eigenvalue weighted by Crippen LogP contribution is 2.47. The van der Waals surface area contributed by atoms with E-state index >= 15 is 0 Å². The zero-order valence-electron chi connectivity index (χ0n) is 12.7. The number of hydrogen-bond acceptors (Lipinski definition) is 4. The second-order valence-electron chi connectivity index (χ2n) is 5.40. The Bertz CT molecular complexity index is 701. The Labute approximate surface area is 133 Å². The fourth-order valence-corrected chi connectivity index (χ4v) is 2.49. The van der Waals surface area contributed by atoms with Crippen molar-refractivity contribution in [2.45, 2.75) is 12.3 Å². The van der Waals surface area contributed by atoms with Gasteiger partial charge in [0.1, 0.15) is 5.75 Å². The summed E-state index contributed by atoms with van der Waals surface area (Å²) in [5.41, 5.74) is 6.46. The van der Waals surface area contributed by atoms with Crippen LogP contribution in [0.5, 0.6) is 5.75 Å². The van der Waals surface area contributed by atoms with Gasteiger partial charge in [0.15, 0.2) is 0 Å². The molecule has 23 heavy (non-hydrogen) atoms. The molecule has 0 radical (unpaired) electrons. The van der Waals surface area contributed by atoms with Gasteiger partial charge in [-0.05, 0) is 42.2 Å². The van der Waals surface area contributed by atoms with Crippen LogP contribution in [-0.2, 0) is 4.79 Å². The molecule has 2 atom stereocenters. The highest BCUT2D eigenvalue weighted by atomic mass is 16.5. The van der Waals surface area contributed by atoms with Crippen molar-refractivity contribution in [2.75, 3.05) is 7.11 Å². The molecule has 1 aromatic carbocycles. The number of nitrogens with one attached hydrogen (secondary N) is 2. The largest absolute Gasteiger partial charge is 0.497 e. The lowest BCUT2D eigenvalue weighted by Crippen LogP contribution is -2.42. The van der Waals surface area contributed by atoms with Gasteiger partial charge in [-0.1, -0.05) is 12.1 Å². The van der Waals surface area contributed by atoms with Gasteiger partial charge in [0.05, 0.1) is 7.11 Å². The lowest BCUT2D eigenvalue weighted by Gasteiger charge is -2.07. The molecule has 0 aliphatic heterocycles. The number of amides is 2. The fourth-order valence-electron chi connectivity index (χ4n) is 2.49. The van der Waals surface area contributed by atoms with Crippen LogP contribution in [0.15, 0.2) is 48.8 Å². The first-order valence-corrected chi connectivity index (χ1v) is 7.33. The maximum Gasteiger partial charge on any atom is 0.269 e. The van der Waals surface area contributed by atoms with Crippen molar-refractivity contribution in [3.63, 3.8) is 0 Å². The van der Waals surface area contributed by atoms with E-state index in [1.165, 1.54) is 12.4 Å². The number of carbonyl (C=O) groups is 2. The minimum Gasteiger partial charge on any atom is -0.497 e. The Balaban J connectivity index is 1.51. The van der Waals surface area contributed by atoms with Crippen molar-refractivity contribution in [1.82, 2.24) is 15.8 Å². The molecule has 3 rings (SSSR count). The molecule has 1 saturated carbocycles. The van der Waals surface area contributed by atoms with Gasteiger partial charge < -0.3 is 4.74 Å². The van der Waals surface area contributed by atoms with E-state index in [0.29, 0.717) is 5.56 Å². The molecule has 0 saturated heterocycles. The average Bonchev–Trinajstić information content (AvgIpc) is 3.41. The van der Waals surface area contributed by atoms with Crippen LogP contribution in [0.1, 0.15) is 28.3 Å². The number of aromatic nitrogens is 1. The first-order valence-electron chi connectivity index (χ1n) is 7.33. The van der Waals surface area contributed by atoms with E-state index in [9.17, 15) is 9.59 Å². The van der Waals surface area contributed by atoms with E-state index in [4.69, 9.17) is 4.74 Å². The number of methoxy groups -OCH3 is 1. The molecule has 2 N–H and O–H groups in total. The van der Waals surface area contributed by atoms with E-state index in [2.05, 4.69) is 15.8 Å². The summed E-state index contributed by atoms with van der Waals surface area (Å²) in [6.45, 7) is 0. The summed E-state index contributed by atoms with van der Waals surface area (Å²) < 4.78 is 5.12. The van der Waals surface area contributed by atoms with Crippen LogP contribution in [-0.4, -0.2) is 23.9 Å². The number of nitrogens with zero attached hydrogens (tertiary/aromatic N) is 1. The van der Waals surface area contributed by atoms with E-state index in [1.54, 1.807) is 19.2 Å². The van der Waals surface area contributed by atoms with E-state index in [1.807, 2.05) is 24.3 Å². The Kier molecular flexibility index (Phi) is 4.23. The molecule has 2 amide bonds. The van der Waals surface area contributed by atoms with Gasteiger partial charge >= 0.3 is 0 Å². The number of carbonyl (C=O) groups excluding carboxylic acids is 2. The third-order valence-electron chi connectivity index (χ3n) is 3.91. The van der Waals surface area contributed by atoms with E-state index in [-0.39, 0.29) is 23.7 Å². The molecule has 118 valence electrons. The zero-order valence-corrected chi connectivity index (χ0v) is 12.7. The molecule has 1 aliphatic rings. The van der Waals surface area contributed by atoms with Gasteiger partial charge in [-0.25, -0.2) is 0 Å². The van der Waals surface area contributed by atoms with Crippen molar-refractivity contribution in [3.05, 3.63) is 59.9 Å². The van der Waals surface area contributed by atoms with Crippen LogP contribution in [0.2, 0.25) is 0 Å². The van der Waals surface area contributed by atoms with Gasteiger partial charge in [0.2, 0.25) is 5.91 Å². The molecule has 2 unspecified atom stereocenters. The first-order chi connectivity index (χ1) is 11.2. The van der Waals surface area contributed by atoms with Gasteiger partial charge in [0, 0.05) is 23.9 Å². The Hall–Kier alpha value is -2.89. The third kappa shape index (κ3) is 3.48. The molecule has 1 aliphatic carbocycles. The normalized spacial score (nSPS) is 18.8. The van der Waals surface area contributed by atoms with E-state index in [0.717, 1.165) is 17.7 Å². The summed E-state index contributed by atoms with van der Waals surface area (Å²) >= 11 is 0. The molecule has 0 bridgehead atoms. The summed E-state index contributed by atoms with van der Waals surface area (Å²) in [4.78, 5) is 27.8. The molecule has 2 aromatic rings. The molecule has 1 aromatic heterocycles. The van der Waals surface area contributed by atoms with Gasteiger partial charge in [-0.15, -0.1) is 0 Å². The second-order valence-corrected chi connectivity index (χ2v) is 5.40. The average molecular weight is 311 g/mol. The number of hydrogen-bond donors (Lipinski definition) is 2. The van der Waals surface area contributed by atoms with Crippen LogP contribution in [0, 0.1) is 5.92 Å². The number of pyridine rings is 1. The summed E-state index contributed by atoms with van der Waals surface area (Å²) in [7, 11) is 1.62. The van der Waals surface area contributed by atoms with Gasteiger partial charge in [-0.2, -0.15) is 0 Å². The lowest BCUT2D eigenvalue weighted by atomic mass is 10.1. The predicted molar refractivity (Wildman–Crippen MR) is 83.7 cm³/mol. The minimum atomic E-state index is -0.359. The smallest absolute Gasteiger partial charge is 0.269 e. The number of benzene rings is 1. The van der Waals surface area contributed by atoms with Gasteiger partial charge in [0.25, 0.3) is 5.91 Å². The first kappa shape index (κ1) is 15.0. The van der Waals surface area contributed by atoms with Crippen LogP contribution in [0.25, 0.3) is 0 Å². The molecule has 6 nitrogen and oxygen atoms in total. The van der Waals surface area contributed by atoms with Crippen LogP contribution in [0.3, 0.4) is 0 Å². The SMILES string of the molecule is COc1ccc(C2CC2C(=O)NNC(=O)c2ccncc2)cc1. The number of hydrazine groups is 1. The van der Waals surface area contributed by atoms with Gasteiger partial charge in [-0.3, -0.25) is 25.4 Å². The monoisotopic (exact) mass is 311 g/mol. The van der Waals surface area contributed by atoms with Crippen molar-refractivity contribution in [3.8, 4) is 5.75 Å². The highest BCUT2D eigenvalue weighted by Gasteiger charge is 2.44. The molecular weight excluding hydrogens is 294 g/mol. The Morgan fingerprint density at radius 3 is 2.43 bits per heavy atom. The van der Waals surface area contributed by atoms with Crippen LogP contribution < -0.4 is 15.6 Å². The molecule has 1 fully saturated rings.